The molecule has 1 N–H and O–H groups in total. The van der Waals surface area contributed by atoms with E-state index in [4.69, 9.17) is 4.99 Å². The van der Waals surface area contributed by atoms with Gasteiger partial charge in [0.2, 0.25) is 5.91 Å². The molecule has 3 unspecified atom stereocenters. The van der Waals surface area contributed by atoms with E-state index < -0.39 is 0 Å². The first-order chi connectivity index (χ1) is 14.4. The summed E-state index contributed by atoms with van der Waals surface area (Å²) in [5.41, 5.74) is 0. The molecule has 7 heteroatoms. The van der Waals surface area contributed by atoms with E-state index in [1.54, 1.807) is 0 Å². The maximum absolute atomic E-state index is 12.8. The Hall–Kier alpha value is -1.34. The lowest BCUT2D eigenvalue weighted by atomic mass is 9.92. The summed E-state index contributed by atoms with van der Waals surface area (Å²) >= 11 is 0. The van der Waals surface area contributed by atoms with E-state index in [1.165, 1.54) is 25.8 Å². The summed E-state index contributed by atoms with van der Waals surface area (Å²) < 4.78 is 0. The van der Waals surface area contributed by atoms with Crippen molar-refractivity contribution in [2.75, 3.05) is 79.0 Å². The molecule has 0 radical (unpaired) electrons. The number of guanidine groups is 1. The summed E-state index contributed by atoms with van der Waals surface area (Å²) in [5, 5.41) is 3.49. The van der Waals surface area contributed by atoms with Crippen LogP contribution in [0.5, 0.6) is 0 Å². The van der Waals surface area contributed by atoms with Crippen LogP contribution in [0.4, 0.5) is 0 Å². The summed E-state index contributed by atoms with van der Waals surface area (Å²) in [7, 11) is 2.22. The summed E-state index contributed by atoms with van der Waals surface area (Å²) in [6, 6.07) is 0. The van der Waals surface area contributed by atoms with E-state index in [2.05, 4.69) is 52.7 Å². The van der Waals surface area contributed by atoms with Crippen molar-refractivity contribution in [3.05, 3.63) is 0 Å². The number of carbonyl (C=O) groups is 1. The molecule has 1 amide bonds. The Bertz CT molecular complexity index is 564. The number of carbonyl (C=O) groups excluding carboxylic acids is 1. The highest BCUT2D eigenvalue weighted by molar-refractivity contribution is 5.80. The monoisotopic (exact) mass is 420 g/mol. The van der Waals surface area contributed by atoms with Crippen LogP contribution >= 0.6 is 0 Å². The minimum absolute atomic E-state index is 0.309. The zero-order chi connectivity index (χ0) is 21.5. The van der Waals surface area contributed by atoms with Gasteiger partial charge in [-0.05, 0) is 57.5 Å². The Morgan fingerprint density at radius 3 is 2.33 bits per heavy atom. The smallest absolute Gasteiger partial charge is 0.236 e. The minimum Gasteiger partial charge on any atom is -0.357 e. The van der Waals surface area contributed by atoms with Gasteiger partial charge in [-0.2, -0.15) is 0 Å². The summed E-state index contributed by atoms with van der Waals surface area (Å²) in [6.07, 6.45) is 3.82. The van der Waals surface area contributed by atoms with E-state index in [9.17, 15) is 4.79 Å². The first kappa shape index (κ1) is 23.3. The van der Waals surface area contributed by atoms with E-state index in [0.29, 0.717) is 30.2 Å². The van der Waals surface area contributed by atoms with Crippen LogP contribution in [0, 0.1) is 17.8 Å². The van der Waals surface area contributed by atoms with Crippen molar-refractivity contribution in [1.82, 2.24) is 24.9 Å². The van der Waals surface area contributed by atoms with Crippen molar-refractivity contribution in [2.45, 2.75) is 40.0 Å². The Labute approximate surface area is 183 Å². The molecule has 3 heterocycles. The molecule has 3 fully saturated rings. The van der Waals surface area contributed by atoms with Crippen LogP contribution < -0.4 is 5.32 Å². The molecule has 7 nitrogen and oxygen atoms in total. The molecule has 172 valence electrons. The highest BCUT2D eigenvalue weighted by Crippen LogP contribution is 2.21. The zero-order valence-electron chi connectivity index (χ0n) is 19.8. The topological polar surface area (TPSA) is 54.4 Å². The first-order valence-corrected chi connectivity index (χ1v) is 12.2. The second-order valence-corrected chi connectivity index (χ2v) is 9.97. The minimum atomic E-state index is 0.309. The van der Waals surface area contributed by atoms with Gasteiger partial charge in [-0.25, -0.2) is 0 Å². The third kappa shape index (κ3) is 6.84. The van der Waals surface area contributed by atoms with E-state index in [-0.39, 0.29) is 0 Å². The van der Waals surface area contributed by atoms with Gasteiger partial charge in [0.05, 0.1) is 6.54 Å². The van der Waals surface area contributed by atoms with Gasteiger partial charge in [-0.15, -0.1) is 0 Å². The van der Waals surface area contributed by atoms with Crippen molar-refractivity contribution in [2.24, 2.45) is 22.7 Å². The van der Waals surface area contributed by atoms with Gasteiger partial charge in [0.1, 0.15) is 0 Å². The van der Waals surface area contributed by atoms with Gasteiger partial charge in [0.25, 0.3) is 0 Å². The summed E-state index contributed by atoms with van der Waals surface area (Å²) in [4.78, 5) is 27.0. The molecule has 0 aromatic rings. The van der Waals surface area contributed by atoms with Crippen LogP contribution in [-0.4, -0.2) is 111 Å². The standard InChI is InChI=1S/C23H44N6O/c1-5-24-23(25-14-21-7-6-8-26(4)17-21)28-11-9-27(10-12-28)18-22(30)29-15-19(2)13-20(3)16-29/h19-21H,5-18H2,1-4H3,(H,24,25). The van der Waals surface area contributed by atoms with E-state index in [0.717, 1.165) is 64.9 Å². The molecule has 3 saturated heterocycles. The quantitative estimate of drug-likeness (QED) is 0.538. The number of aliphatic imine (C=N–C) groups is 1. The molecular weight excluding hydrogens is 376 g/mol. The molecule has 3 aliphatic heterocycles. The van der Waals surface area contributed by atoms with Gasteiger partial charge in [0, 0.05) is 58.9 Å². The van der Waals surface area contributed by atoms with Crippen LogP contribution in [-0.2, 0) is 4.79 Å². The summed E-state index contributed by atoms with van der Waals surface area (Å²) in [6.45, 7) is 17.0. The fourth-order valence-corrected chi connectivity index (χ4v) is 5.34. The number of likely N-dealkylation sites (tertiary alicyclic amines) is 2. The lowest BCUT2D eigenvalue weighted by Gasteiger charge is -2.39. The fourth-order valence-electron chi connectivity index (χ4n) is 5.34. The number of amides is 1. The predicted octanol–water partition coefficient (Wildman–Crippen LogP) is 1.42. The van der Waals surface area contributed by atoms with Crippen LogP contribution in [0.15, 0.2) is 4.99 Å². The van der Waals surface area contributed by atoms with Crippen molar-refractivity contribution in [3.8, 4) is 0 Å². The molecule has 0 aliphatic carbocycles. The second kappa shape index (κ2) is 11.3. The average molecular weight is 421 g/mol. The Balaban J connectivity index is 1.46. The molecule has 3 aliphatic rings. The largest absolute Gasteiger partial charge is 0.357 e. The number of rotatable bonds is 5. The highest BCUT2D eigenvalue weighted by Gasteiger charge is 2.28. The lowest BCUT2D eigenvalue weighted by molar-refractivity contribution is -0.135. The van der Waals surface area contributed by atoms with Crippen LogP contribution in [0.3, 0.4) is 0 Å². The third-order valence-corrected chi connectivity index (χ3v) is 6.81. The lowest BCUT2D eigenvalue weighted by Crippen LogP contribution is -2.55. The Morgan fingerprint density at radius 1 is 1.00 bits per heavy atom. The second-order valence-electron chi connectivity index (χ2n) is 9.97. The molecular formula is C23H44N6O. The normalized spacial score (nSPS) is 29.9. The number of piperidine rings is 2. The molecule has 0 saturated carbocycles. The van der Waals surface area contributed by atoms with Crippen molar-refractivity contribution in [1.29, 1.82) is 0 Å². The Kier molecular flexibility index (Phi) is 8.81. The van der Waals surface area contributed by atoms with E-state index >= 15 is 0 Å². The molecule has 3 atom stereocenters. The fraction of sp³-hybridized carbons (Fsp3) is 0.913. The van der Waals surface area contributed by atoms with Gasteiger partial charge < -0.3 is 20.0 Å². The van der Waals surface area contributed by atoms with Gasteiger partial charge in [-0.3, -0.25) is 14.7 Å². The molecule has 3 rings (SSSR count). The molecule has 0 aromatic carbocycles. The number of hydrogen-bond donors (Lipinski definition) is 1. The number of hydrogen-bond acceptors (Lipinski definition) is 4. The van der Waals surface area contributed by atoms with Crippen LogP contribution in [0.25, 0.3) is 0 Å². The number of nitrogens with zero attached hydrogens (tertiary/aromatic N) is 5. The SMILES string of the molecule is CCNC(=NCC1CCCN(C)C1)N1CCN(CC(=O)N2CC(C)CC(C)C2)CC1. The molecule has 0 bridgehead atoms. The number of piperazine rings is 1. The predicted molar refractivity (Wildman–Crippen MR) is 124 cm³/mol. The average Bonchev–Trinajstić information content (AvgIpc) is 2.71. The van der Waals surface area contributed by atoms with Crippen molar-refractivity contribution >= 4 is 11.9 Å². The van der Waals surface area contributed by atoms with Gasteiger partial charge in [-0.1, -0.05) is 13.8 Å². The zero-order valence-corrected chi connectivity index (χ0v) is 19.8. The Morgan fingerprint density at radius 2 is 1.70 bits per heavy atom. The first-order valence-electron chi connectivity index (χ1n) is 12.2. The summed E-state index contributed by atoms with van der Waals surface area (Å²) in [5.74, 6) is 3.28. The van der Waals surface area contributed by atoms with Crippen molar-refractivity contribution in [3.63, 3.8) is 0 Å². The van der Waals surface area contributed by atoms with Gasteiger partial charge in [0.15, 0.2) is 5.96 Å². The van der Waals surface area contributed by atoms with Gasteiger partial charge >= 0.3 is 0 Å². The molecule has 0 spiro atoms. The maximum atomic E-state index is 12.8. The maximum Gasteiger partial charge on any atom is 0.236 e. The van der Waals surface area contributed by atoms with E-state index in [1.807, 2.05) is 0 Å². The highest BCUT2D eigenvalue weighted by atomic mass is 16.2. The van der Waals surface area contributed by atoms with Crippen LogP contribution in [0.1, 0.15) is 40.0 Å². The van der Waals surface area contributed by atoms with Crippen LogP contribution in [0.2, 0.25) is 0 Å². The van der Waals surface area contributed by atoms with Crippen molar-refractivity contribution < 1.29 is 4.79 Å². The number of nitrogens with one attached hydrogen (secondary N) is 1. The molecule has 0 aromatic heterocycles. The third-order valence-electron chi connectivity index (χ3n) is 6.81. The molecule has 30 heavy (non-hydrogen) atoms.